The van der Waals surface area contributed by atoms with Crippen molar-refractivity contribution in [2.45, 2.75) is 33.2 Å². The van der Waals surface area contributed by atoms with Crippen molar-refractivity contribution >= 4 is 29.2 Å². The van der Waals surface area contributed by atoms with Gasteiger partial charge in [0.2, 0.25) is 5.91 Å². The van der Waals surface area contributed by atoms with Gasteiger partial charge in [0.25, 0.3) is 11.8 Å². The topological polar surface area (TPSA) is 129 Å². The SMILES string of the molecule is Cc1ccc(C(=O)NC(CC(C)C)C(=O)Nc2ccn[nH]2)cc1NC(=O)c1ccco1. The van der Waals surface area contributed by atoms with Crippen LogP contribution in [0.1, 0.15) is 46.7 Å². The van der Waals surface area contributed by atoms with E-state index in [2.05, 4.69) is 26.1 Å². The molecule has 162 valence electrons. The van der Waals surface area contributed by atoms with E-state index in [0.29, 0.717) is 23.5 Å². The third-order valence-corrected chi connectivity index (χ3v) is 4.58. The molecule has 0 saturated carbocycles. The molecule has 9 nitrogen and oxygen atoms in total. The second-order valence-corrected chi connectivity index (χ2v) is 7.58. The number of anilines is 2. The van der Waals surface area contributed by atoms with Crippen molar-refractivity contribution < 1.29 is 18.8 Å². The van der Waals surface area contributed by atoms with Gasteiger partial charge in [-0.3, -0.25) is 19.5 Å². The highest BCUT2D eigenvalue weighted by Gasteiger charge is 2.23. The van der Waals surface area contributed by atoms with Gasteiger partial charge < -0.3 is 20.4 Å². The molecule has 0 fully saturated rings. The molecule has 31 heavy (non-hydrogen) atoms. The molecular weight excluding hydrogens is 398 g/mol. The highest BCUT2D eigenvalue weighted by atomic mass is 16.3. The van der Waals surface area contributed by atoms with Crippen LogP contribution in [-0.4, -0.2) is 34.0 Å². The fraction of sp³-hybridized carbons (Fsp3) is 0.273. The zero-order valence-electron chi connectivity index (χ0n) is 17.6. The van der Waals surface area contributed by atoms with Crippen LogP contribution in [-0.2, 0) is 4.79 Å². The second-order valence-electron chi connectivity index (χ2n) is 7.58. The molecule has 1 unspecified atom stereocenters. The van der Waals surface area contributed by atoms with Crippen LogP contribution in [0, 0.1) is 12.8 Å². The van der Waals surface area contributed by atoms with E-state index < -0.39 is 17.9 Å². The largest absolute Gasteiger partial charge is 0.459 e. The van der Waals surface area contributed by atoms with Gasteiger partial charge in [0.15, 0.2) is 5.76 Å². The maximum absolute atomic E-state index is 12.9. The first kappa shape index (κ1) is 21.8. The first-order valence-corrected chi connectivity index (χ1v) is 9.90. The van der Waals surface area contributed by atoms with E-state index in [-0.39, 0.29) is 17.6 Å². The predicted octanol–water partition coefficient (Wildman–Crippen LogP) is 3.35. The van der Waals surface area contributed by atoms with Crippen LogP contribution in [0.5, 0.6) is 0 Å². The van der Waals surface area contributed by atoms with Crippen LogP contribution in [0.2, 0.25) is 0 Å². The van der Waals surface area contributed by atoms with Gasteiger partial charge in [-0.25, -0.2) is 0 Å². The number of aromatic nitrogens is 2. The van der Waals surface area contributed by atoms with E-state index in [4.69, 9.17) is 4.42 Å². The summed E-state index contributed by atoms with van der Waals surface area (Å²) in [4.78, 5) is 37.8. The van der Waals surface area contributed by atoms with Gasteiger partial charge in [-0.2, -0.15) is 5.10 Å². The first-order chi connectivity index (χ1) is 14.8. The summed E-state index contributed by atoms with van der Waals surface area (Å²) >= 11 is 0. The fourth-order valence-electron chi connectivity index (χ4n) is 2.98. The lowest BCUT2D eigenvalue weighted by Crippen LogP contribution is -2.44. The summed E-state index contributed by atoms with van der Waals surface area (Å²) in [5, 5.41) is 14.7. The van der Waals surface area contributed by atoms with E-state index in [9.17, 15) is 14.4 Å². The molecule has 0 radical (unpaired) electrons. The normalized spacial score (nSPS) is 11.7. The first-order valence-electron chi connectivity index (χ1n) is 9.90. The standard InChI is InChI=1S/C22H25N5O4/c1-13(2)11-17(21(29)26-19-8-9-23-27-19)25-20(28)15-7-6-14(3)16(12-15)24-22(30)18-5-4-10-31-18/h4-10,12-13,17H,11H2,1-3H3,(H,24,30)(H,25,28)(H2,23,26,27,29). The van der Waals surface area contributed by atoms with Crippen LogP contribution in [0.3, 0.4) is 0 Å². The Hall–Kier alpha value is -3.88. The van der Waals surface area contributed by atoms with Crippen molar-refractivity contribution in [3.05, 3.63) is 65.7 Å². The number of hydrogen-bond acceptors (Lipinski definition) is 5. The molecule has 1 atom stereocenters. The number of rotatable bonds is 8. The fourth-order valence-corrected chi connectivity index (χ4v) is 2.98. The summed E-state index contributed by atoms with van der Waals surface area (Å²) in [5.74, 6) is -0.377. The smallest absolute Gasteiger partial charge is 0.291 e. The number of carbonyl (C=O) groups is 3. The predicted molar refractivity (Wildman–Crippen MR) is 116 cm³/mol. The number of furan rings is 1. The highest BCUT2D eigenvalue weighted by Crippen LogP contribution is 2.19. The number of nitrogens with zero attached hydrogens (tertiary/aromatic N) is 1. The zero-order chi connectivity index (χ0) is 22.4. The maximum atomic E-state index is 12.9. The minimum atomic E-state index is -0.738. The number of aromatic amines is 1. The molecule has 4 N–H and O–H groups in total. The molecule has 0 saturated heterocycles. The van der Waals surface area contributed by atoms with Gasteiger partial charge >= 0.3 is 0 Å². The summed E-state index contributed by atoms with van der Waals surface area (Å²) in [5.41, 5.74) is 1.59. The number of aryl methyl sites for hydroxylation is 1. The molecule has 2 aromatic heterocycles. The Balaban J connectivity index is 1.73. The average Bonchev–Trinajstić information content (AvgIpc) is 3.42. The van der Waals surface area contributed by atoms with Crippen LogP contribution < -0.4 is 16.0 Å². The number of carbonyl (C=O) groups excluding carboxylic acids is 3. The van der Waals surface area contributed by atoms with E-state index in [1.54, 1.807) is 36.4 Å². The number of amides is 3. The second kappa shape index (κ2) is 9.75. The van der Waals surface area contributed by atoms with E-state index in [0.717, 1.165) is 5.56 Å². The van der Waals surface area contributed by atoms with Gasteiger partial charge in [0, 0.05) is 17.3 Å². The lowest BCUT2D eigenvalue weighted by atomic mass is 10.0. The quantitative estimate of drug-likeness (QED) is 0.442. The molecular formula is C22H25N5O4. The van der Waals surface area contributed by atoms with Crippen LogP contribution in [0.15, 0.2) is 53.3 Å². The number of hydrogen-bond donors (Lipinski definition) is 4. The Morgan fingerprint density at radius 2 is 1.90 bits per heavy atom. The molecule has 1 aromatic carbocycles. The average molecular weight is 423 g/mol. The maximum Gasteiger partial charge on any atom is 0.291 e. The number of H-pyrrole nitrogens is 1. The molecule has 0 aliphatic rings. The molecule has 0 bridgehead atoms. The Bertz CT molecular complexity index is 1040. The Kier molecular flexibility index (Phi) is 6.86. The molecule has 2 heterocycles. The molecule has 3 aromatic rings. The number of nitrogens with one attached hydrogen (secondary N) is 4. The molecule has 3 amide bonds. The van der Waals surface area contributed by atoms with Crippen molar-refractivity contribution in [3.63, 3.8) is 0 Å². The van der Waals surface area contributed by atoms with Gasteiger partial charge in [-0.15, -0.1) is 0 Å². The van der Waals surface area contributed by atoms with E-state index >= 15 is 0 Å². The van der Waals surface area contributed by atoms with Gasteiger partial charge in [0.05, 0.1) is 12.5 Å². The minimum Gasteiger partial charge on any atom is -0.459 e. The zero-order valence-corrected chi connectivity index (χ0v) is 17.6. The number of benzene rings is 1. The monoisotopic (exact) mass is 423 g/mol. The molecule has 0 spiro atoms. The van der Waals surface area contributed by atoms with Crippen molar-refractivity contribution in [1.82, 2.24) is 15.5 Å². The van der Waals surface area contributed by atoms with E-state index in [1.807, 2.05) is 20.8 Å². The molecule has 0 aliphatic carbocycles. The van der Waals surface area contributed by atoms with E-state index in [1.165, 1.54) is 12.5 Å². The molecule has 0 aliphatic heterocycles. The summed E-state index contributed by atoms with van der Waals surface area (Å²) in [6, 6.07) is 9.01. The van der Waals surface area contributed by atoms with Crippen molar-refractivity contribution in [2.24, 2.45) is 5.92 Å². The van der Waals surface area contributed by atoms with Crippen molar-refractivity contribution in [3.8, 4) is 0 Å². The lowest BCUT2D eigenvalue weighted by Gasteiger charge is -2.20. The Labute approximate surface area is 179 Å². The van der Waals surface area contributed by atoms with Crippen molar-refractivity contribution in [2.75, 3.05) is 10.6 Å². The lowest BCUT2D eigenvalue weighted by molar-refractivity contribution is -0.118. The summed E-state index contributed by atoms with van der Waals surface area (Å²) in [6.45, 7) is 5.76. The third kappa shape index (κ3) is 5.81. The van der Waals surface area contributed by atoms with Gasteiger partial charge in [-0.05, 0) is 49.1 Å². The van der Waals surface area contributed by atoms with Crippen LogP contribution in [0.25, 0.3) is 0 Å². The Morgan fingerprint density at radius 3 is 2.55 bits per heavy atom. The minimum absolute atomic E-state index is 0.168. The van der Waals surface area contributed by atoms with Gasteiger partial charge in [0.1, 0.15) is 11.9 Å². The molecule has 9 heteroatoms. The summed E-state index contributed by atoms with van der Waals surface area (Å²) in [6.07, 6.45) is 3.39. The summed E-state index contributed by atoms with van der Waals surface area (Å²) in [7, 11) is 0. The van der Waals surface area contributed by atoms with Crippen LogP contribution in [0.4, 0.5) is 11.5 Å². The Morgan fingerprint density at radius 1 is 1.10 bits per heavy atom. The van der Waals surface area contributed by atoms with Crippen LogP contribution >= 0.6 is 0 Å². The highest BCUT2D eigenvalue weighted by molar-refractivity contribution is 6.04. The molecule has 3 rings (SSSR count). The third-order valence-electron chi connectivity index (χ3n) is 4.58. The van der Waals surface area contributed by atoms with Gasteiger partial charge in [-0.1, -0.05) is 19.9 Å². The summed E-state index contributed by atoms with van der Waals surface area (Å²) < 4.78 is 5.10. The van der Waals surface area contributed by atoms with Crippen molar-refractivity contribution in [1.29, 1.82) is 0 Å².